The summed E-state index contributed by atoms with van der Waals surface area (Å²) in [6.45, 7) is 5.10. The maximum Gasteiger partial charge on any atom is 0.0765 e. The lowest BCUT2D eigenvalue weighted by atomic mass is 9.78. The highest BCUT2D eigenvalue weighted by atomic mass is 16.5. The standard InChI is InChI=1S/C12H26N2O/c1-4-10(2)14-12(9-13)8-6-5-7-11(12)15-3/h10-11,14H,4-9,13H2,1-3H3. The van der Waals surface area contributed by atoms with Gasteiger partial charge in [0.1, 0.15) is 0 Å². The van der Waals surface area contributed by atoms with Gasteiger partial charge in [-0.25, -0.2) is 0 Å². The second-order valence-electron chi connectivity index (χ2n) is 4.78. The van der Waals surface area contributed by atoms with Crippen molar-refractivity contribution in [3.63, 3.8) is 0 Å². The van der Waals surface area contributed by atoms with Gasteiger partial charge in [0.25, 0.3) is 0 Å². The number of ether oxygens (including phenoxy) is 1. The van der Waals surface area contributed by atoms with E-state index in [2.05, 4.69) is 19.2 Å². The maximum absolute atomic E-state index is 5.96. The number of hydrogen-bond acceptors (Lipinski definition) is 3. The first-order valence-corrected chi connectivity index (χ1v) is 6.19. The van der Waals surface area contributed by atoms with Gasteiger partial charge in [0.05, 0.1) is 11.6 Å². The van der Waals surface area contributed by atoms with Crippen molar-refractivity contribution >= 4 is 0 Å². The molecule has 90 valence electrons. The molecule has 0 aromatic carbocycles. The predicted octanol–water partition coefficient (Wildman–Crippen LogP) is 1.66. The number of hydrogen-bond donors (Lipinski definition) is 2. The molecule has 1 rings (SSSR count). The molecule has 0 aliphatic heterocycles. The van der Waals surface area contributed by atoms with Crippen LogP contribution in [0.3, 0.4) is 0 Å². The van der Waals surface area contributed by atoms with Gasteiger partial charge in [-0.2, -0.15) is 0 Å². The minimum absolute atomic E-state index is 0.0163. The van der Waals surface area contributed by atoms with Gasteiger partial charge in [0, 0.05) is 19.7 Å². The summed E-state index contributed by atoms with van der Waals surface area (Å²) in [4.78, 5) is 0. The highest BCUT2D eigenvalue weighted by molar-refractivity contribution is 5.00. The van der Waals surface area contributed by atoms with Crippen molar-refractivity contribution in [3.05, 3.63) is 0 Å². The zero-order valence-electron chi connectivity index (χ0n) is 10.4. The van der Waals surface area contributed by atoms with Crippen LogP contribution >= 0.6 is 0 Å². The van der Waals surface area contributed by atoms with Crippen LogP contribution in [0.5, 0.6) is 0 Å². The Labute approximate surface area is 93.8 Å². The lowest BCUT2D eigenvalue weighted by Crippen LogP contribution is -2.63. The monoisotopic (exact) mass is 214 g/mol. The minimum atomic E-state index is 0.0163. The molecule has 3 nitrogen and oxygen atoms in total. The fraction of sp³-hybridized carbons (Fsp3) is 1.00. The van der Waals surface area contributed by atoms with Crippen LogP contribution in [0.15, 0.2) is 0 Å². The van der Waals surface area contributed by atoms with Gasteiger partial charge < -0.3 is 15.8 Å². The molecule has 0 spiro atoms. The zero-order valence-corrected chi connectivity index (χ0v) is 10.4. The van der Waals surface area contributed by atoms with E-state index >= 15 is 0 Å². The minimum Gasteiger partial charge on any atom is -0.379 e. The molecule has 3 unspecified atom stereocenters. The highest BCUT2D eigenvalue weighted by Crippen LogP contribution is 2.30. The molecule has 1 saturated carbocycles. The first-order chi connectivity index (χ1) is 7.18. The number of nitrogens with two attached hydrogens (primary N) is 1. The van der Waals surface area contributed by atoms with Crippen molar-refractivity contribution in [1.82, 2.24) is 5.32 Å². The van der Waals surface area contributed by atoms with E-state index in [1.54, 1.807) is 7.11 Å². The molecular weight excluding hydrogens is 188 g/mol. The van der Waals surface area contributed by atoms with E-state index in [1.807, 2.05) is 0 Å². The molecule has 0 saturated heterocycles. The molecule has 0 radical (unpaired) electrons. The van der Waals surface area contributed by atoms with Crippen LogP contribution in [0.2, 0.25) is 0 Å². The van der Waals surface area contributed by atoms with Crippen molar-refractivity contribution in [2.24, 2.45) is 5.73 Å². The van der Waals surface area contributed by atoms with Crippen LogP contribution in [0, 0.1) is 0 Å². The van der Waals surface area contributed by atoms with E-state index in [4.69, 9.17) is 10.5 Å². The molecule has 0 bridgehead atoms. The van der Waals surface area contributed by atoms with Gasteiger partial charge in [0.2, 0.25) is 0 Å². The van der Waals surface area contributed by atoms with Crippen molar-refractivity contribution in [1.29, 1.82) is 0 Å². The number of nitrogens with one attached hydrogen (secondary N) is 1. The first-order valence-electron chi connectivity index (χ1n) is 6.19. The van der Waals surface area contributed by atoms with Gasteiger partial charge in [-0.05, 0) is 26.2 Å². The van der Waals surface area contributed by atoms with E-state index in [9.17, 15) is 0 Å². The summed E-state index contributed by atoms with van der Waals surface area (Å²) in [6.07, 6.45) is 6.23. The Balaban J connectivity index is 2.69. The fourth-order valence-corrected chi connectivity index (χ4v) is 2.60. The van der Waals surface area contributed by atoms with Crippen LogP contribution in [0.4, 0.5) is 0 Å². The smallest absolute Gasteiger partial charge is 0.0765 e. The first kappa shape index (κ1) is 12.9. The molecule has 3 heteroatoms. The Morgan fingerprint density at radius 1 is 1.53 bits per heavy atom. The normalized spacial score (nSPS) is 34.0. The topological polar surface area (TPSA) is 47.3 Å². The average Bonchev–Trinajstić information content (AvgIpc) is 2.29. The second-order valence-corrected chi connectivity index (χ2v) is 4.78. The van der Waals surface area contributed by atoms with E-state index in [1.165, 1.54) is 12.8 Å². The Bertz CT molecular complexity index is 186. The number of rotatable bonds is 5. The summed E-state index contributed by atoms with van der Waals surface area (Å²) in [5.74, 6) is 0. The van der Waals surface area contributed by atoms with Crippen LogP contribution in [0.1, 0.15) is 46.0 Å². The summed E-state index contributed by atoms with van der Waals surface area (Å²) in [5, 5.41) is 3.68. The van der Waals surface area contributed by atoms with Gasteiger partial charge in [-0.15, -0.1) is 0 Å². The Kier molecular flexibility index (Phi) is 5.03. The third kappa shape index (κ3) is 2.92. The summed E-state index contributed by atoms with van der Waals surface area (Å²) >= 11 is 0. The van der Waals surface area contributed by atoms with Gasteiger partial charge in [-0.1, -0.05) is 19.8 Å². The summed E-state index contributed by atoms with van der Waals surface area (Å²) < 4.78 is 5.60. The van der Waals surface area contributed by atoms with Crippen molar-refractivity contribution in [3.8, 4) is 0 Å². The van der Waals surface area contributed by atoms with Gasteiger partial charge in [0.15, 0.2) is 0 Å². The second kappa shape index (κ2) is 5.83. The van der Waals surface area contributed by atoms with Crippen LogP contribution < -0.4 is 11.1 Å². The summed E-state index contributed by atoms with van der Waals surface area (Å²) in [5.41, 5.74) is 5.98. The third-order valence-electron chi connectivity index (χ3n) is 3.75. The molecule has 1 fully saturated rings. The largest absolute Gasteiger partial charge is 0.379 e. The SMILES string of the molecule is CCC(C)NC1(CN)CCCCC1OC. The van der Waals surface area contributed by atoms with Crippen LogP contribution in [-0.4, -0.2) is 31.3 Å². The fourth-order valence-electron chi connectivity index (χ4n) is 2.60. The van der Waals surface area contributed by atoms with Crippen molar-refractivity contribution in [2.75, 3.05) is 13.7 Å². The predicted molar refractivity (Wildman–Crippen MR) is 63.9 cm³/mol. The van der Waals surface area contributed by atoms with Crippen LogP contribution in [0.25, 0.3) is 0 Å². The molecule has 0 aromatic rings. The molecule has 0 heterocycles. The molecule has 0 aromatic heterocycles. The summed E-state index contributed by atoms with van der Waals surface area (Å²) in [6, 6.07) is 0.518. The average molecular weight is 214 g/mol. The van der Waals surface area contributed by atoms with Crippen LogP contribution in [-0.2, 0) is 4.74 Å². The number of methoxy groups -OCH3 is 1. The Morgan fingerprint density at radius 2 is 2.27 bits per heavy atom. The summed E-state index contributed by atoms with van der Waals surface area (Å²) in [7, 11) is 1.80. The molecule has 3 atom stereocenters. The molecule has 3 N–H and O–H groups in total. The quantitative estimate of drug-likeness (QED) is 0.731. The molecule has 1 aliphatic carbocycles. The lowest BCUT2D eigenvalue weighted by Gasteiger charge is -2.45. The van der Waals surface area contributed by atoms with E-state index < -0.39 is 0 Å². The van der Waals surface area contributed by atoms with E-state index in [-0.39, 0.29) is 11.6 Å². The molecular formula is C12H26N2O. The van der Waals surface area contributed by atoms with Gasteiger partial charge >= 0.3 is 0 Å². The van der Waals surface area contributed by atoms with E-state index in [0.717, 1.165) is 19.3 Å². The zero-order chi connectivity index (χ0) is 11.3. The highest BCUT2D eigenvalue weighted by Gasteiger charge is 2.40. The molecule has 15 heavy (non-hydrogen) atoms. The third-order valence-corrected chi connectivity index (χ3v) is 3.75. The van der Waals surface area contributed by atoms with Crippen molar-refractivity contribution in [2.45, 2.75) is 63.6 Å². The van der Waals surface area contributed by atoms with Crippen molar-refractivity contribution < 1.29 is 4.74 Å². The molecule has 0 amide bonds. The van der Waals surface area contributed by atoms with E-state index in [0.29, 0.717) is 12.6 Å². The Hall–Kier alpha value is -0.120. The molecule has 1 aliphatic rings. The Morgan fingerprint density at radius 3 is 2.80 bits per heavy atom. The van der Waals surface area contributed by atoms with Gasteiger partial charge in [-0.3, -0.25) is 0 Å². The lowest BCUT2D eigenvalue weighted by molar-refractivity contribution is -0.0131. The maximum atomic E-state index is 5.96.